The lowest BCUT2D eigenvalue weighted by molar-refractivity contribution is 0.476. The molecule has 88 valence electrons. The number of aromatic hydroxyl groups is 1. The number of benzene rings is 2. The molecular formula is C15H10FNO. The van der Waals surface area contributed by atoms with E-state index in [9.17, 15) is 9.50 Å². The Labute approximate surface area is 103 Å². The molecule has 0 unspecified atom stereocenters. The summed E-state index contributed by atoms with van der Waals surface area (Å²) in [4.78, 5) is 0. The van der Waals surface area contributed by atoms with Crippen molar-refractivity contribution in [1.82, 2.24) is 0 Å². The van der Waals surface area contributed by atoms with Crippen molar-refractivity contribution in [1.29, 1.82) is 5.41 Å². The van der Waals surface area contributed by atoms with Crippen LogP contribution in [0.4, 0.5) is 4.39 Å². The molecule has 1 aliphatic rings. The zero-order valence-corrected chi connectivity index (χ0v) is 9.44. The minimum atomic E-state index is -0.311. The van der Waals surface area contributed by atoms with Crippen LogP contribution in [0.2, 0.25) is 0 Å². The maximum Gasteiger partial charge on any atom is 0.124 e. The van der Waals surface area contributed by atoms with Crippen molar-refractivity contribution in [3.05, 3.63) is 52.7 Å². The van der Waals surface area contributed by atoms with Crippen LogP contribution in [-0.4, -0.2) is 10.8 Å². The molecule has 2 nitrogen and oxygen atoms in total. The molecule has 2 aromatic carbocycles. The van der Waals surface area contributed by atoms with Gasteiger partial charge >= 0.3 is 0 Å². The van der Waals surface area contributed by atoms with E-state index in [2.05, 4.69) is 0 Å². The third-order valence-corrected chi connectivity index (χ3v) is 3.00. The molecular weight excluding hydrogens is 229 g/mol. The quantitative estimate of drug-likeness (QED) is 0.783. The summed E-state index contributed by atoms with van der Waals surface area (Å²) in [6.07, 6.45) is 3.44. The van der Waals surface area contributed by atoms with E-state index >= 15 is 0 Å². The Balaban J connectivity index is 2.35. The summed E-state index contributed by atoms with van der Waals surface area (Å²) in [6.45, 7) is 0. The van der Waals surface area contributed by atoms with Crippen molar-refractivity contribution in [2.75, 3.05) is 0 Å². The van der Waals surface area contributed by atoms with Crippen molar-refractivity contribution < 1.29 is 9.50 Å². The van der Waals surface area contributed by atoms with E-state index in [4.69, 9.17) is 5.41 Å². The highest BCUT2D eigenvalue weighted by Crippen LogP contribution is 2.24. The van der Waals surface area contributed by atoms with E-state index < -0.39 is 0 Å². The van der Waals surface area contributed by atoms with Gasteiger partial charge in [-0.2, -0.15) is 0 Å². The van der Waals surface area contributed by atoms with Gasteiger partial charge in [-0.1, -0.05) is 18.2 Å². The van der Waals surface area contributed by atoms with Crippen LogP contribution in [-0.2, 0) is 0 Å². The second-order valence-electron chi connectivity index (χ2n) is 4.21. The lowest BCUT2D eigenvalue weighted by Gasteiger charge is -2.05. The van der Waals surface area contributed by atoms with E-state index in [0.29, 0.717) is 11.3 Å². The topological polar surface area (TPSA) is 44.1 Å². The predicted molar refractivity (Wildman–Crippen MR) is 69.4 cm³/mol. The van der Waals surface area contributed by atoms with Gasteiger partial charge < -0.3 is 10.5 Å². The van der Waals surface area contributed by atoms with Crippen molar-refractivity contribution in [2.45, 2.75) is 0 Å². The Morgan fingerprint density at radius 1 is 0.944 bits per heavy atom. The first-order valence-corrected chi connectivity index (χ1v) is 5.55. The summed E-state index contributed by atoms with van der Waals surface area (Å²) < 4.78 is 12.9. The summed E-state index contributed by atoms with van der Waals surface area (Å²) in [5.74, 6) is -0.172. The van der Waals surface area contributed by atoms with Gasteiger partial charge in [-0.05, 0) is 46.4 Å². The molecule has 0 aliphatic heterocycles. The maximum atomic E-state index is 12.9. The van der Waals surface area contributed by atoms with E-state index in [1.807, 2.05) is 0 Å². The molecule has 2 aromatic rings. The van der Waals surface area contributed by atoms with Gasteiger partial charge in [-0.15, -0.1) is 0 Å². The molecule has 2 N–H and O–H groups in total. The molecule has 0 saturated carbocycles. The number of phenolic OH excluding ortho intramolecular Hbond substituents is 1. The maximum absolute atomic E-state index is 12.9. The first-order valence-electron chi connectivity index (χ1n) is 5.55. The zero-order chi connectivity index (χ0) is 12.7. The van der Waals surface area contributed by atoms with Gasteiger partial charge in [0.1, 0.15) is 11.6 Å². The van der Waals surface area contributed by atoms with Gasteiger partial charge in [0.25, 0.3) is 0 Å². The molecule has 0 fully saturated rings. The van der Waals surface area contributed by atoms with Crippen LogP contribution in [0, 0.1) is 11.2 Å². The molecule has 0 amide bonds. The summed E-state index contributed by atoms with van der Waals surface area (Å²) >= 11 is 0. The normalized spacial score (nSPS) is 12.8. The monoisotopic (exact) mass is 239 g/mol. The second kappa shape index (κ2) is 3.81. The van der Waals surface area contributed by atoms with Crippen molar-refractivity contribution in [3.8, 4) is 16.9 Å². The molecule has 0 atom stereocenters. The third kappa shape index (κ3) is 1.61. The molecule has 18 heavy (non-hydrogen) atoms. The first kappa shape index (κ1) is 10.7. The SMILES string of the molecule is N=C1C=c2ccc(O)c(-c3ccc(F)cc3)c2=C1. The first-order chi connectivity index (χ1) is 8.65. The number of halogens is 1. The summed E-state index contributed by atoms with van der Waals surface area (Å²) in [5, 5.41) is 19.3. The van der Waals surface area contributed by atoms with Crippen LogP contribution in [0.15, 0.2) is 36.4 Å². The van der Waals surface area contributed by atoms with Crippen molar-refractivity contribution in [3.63, 3.8) is 0 Å². The van der Waals surface area contributed by atoms with Crippen LogP contribution < -0.4 is 10.4 Å². The molecule has 0 bridgehead atoms. The number of rotatable bonds is 1. The Kier molecular flexibility index (Phi) is 2.27. The minimum absolute atomic E-state index is 0.139. The smallest absolute Gasteiger partial charge is 0.124 e. The molecule has 0 aromatic heterocycles. The molecule has 3 heteroatoms. The lowest BCUT2D eigenvalue weighted by atomic mass is 10.0. The second-order valence-corrected chi connectivity index (χ2v) is 4.21. The molecule has 1 aliphatic carbocycles. The molecule has 0 heterocycles. The minimum Gasteiger partial charge on any atom is -0.507 e. The predicted octanol–water partition coefficient (Wildman–Crippen LogP) is 1.79. The highest BCUT2D eigenvalue weighted by Gasteiger charge is 2.10. The van der Waals surface area contributed by atoms with E-state index in [1.165, 1.54) is 12.1 Å². The average Bonchev–Trinajstić information content (AvgIpc) is 2.71. The van der Waals surface area contributed by atoms with Gasteiger partial charge in [0.15, 0.2) is 0 Å². The highest BCUT2D eigenvalue weighted by molar-refractivity contribution is 6.28. The molecule has 0 saturated heterocycles. The highest BCUT2D eigenvalue weighted by atomic mass is 19.1. The third-order valence-electron chi connectivity index (χ3n) is 3.00. The fourth-order valence-corrected chi connectivity index (χ4v) is 2.19. The Morgan fingerprint density at radius 3 is 2.39 bits per heavy atom. The summed E-state index contributed by atoms with van der Waals surface area (Å²) in [7, 11) is 0. The number of hydrogen-bond donors (Lipinski definition) is 2. The molecule has 3 rings (SSSR count). The van der Waals surface area contributed by atoms with Gasteiger partial charge in [0.05, 0.1) is 5.71 Å². The van der Waals surface area contributed by atoms with Crippen molar-refractivity contribution in [2.24, 2.45) is 0 Å². The van der Waals surface area contributed by atoms with E-state index in [-0.39, 0.29) is 11.6 Å². The lowest BCUT2D eigenvalue weighted by Crippen LogP contribution is -2.23. The zero-order valence-electron chi connectivity index (χ0n) is 9.44. The standard InChI is InChI=1S/C15H10FNO/c16-11-4-1-9(2-5-11)15-13-8-12(17)7-10(13)3-6-14(15)18/h1-8,17-18H. The van der Waals surface area contributed by atoms with Crippen LogP contribution in [0.3, 0.4) is 0 Å². The number of nitrogens with one attached hydrogen (secondary N) is 1. The van der Waals surface area contributed by atoms with Crippen LogP contribution >= 0.6 is 0 Å². The fourth-order valence-electron chi connectivity index (χ4n) is 2.19. The van der Waals surface area contributed by atoms with Crippen LogP contribution in [0.1, 0.15) is 0 Å². The van der Waals surface area contributed by atoms with E-state index in [0.717, 1.165) is 16.0 Å². The van der Waals surface area contributed by atoms with E-state index in [1.54, 1.807) is 36.4 Å². The Bertz CT molecular complexity index is 760. The fraction of sp³-hybridized carbons (Fsp3) is 0. The van der Waals surface area contributed by atoms with Crippen LogP contribution in [0.5, 0.6) is 5.75 Å². The summed E-state index contributed by atoms with van der Waals surface area (Å²) in [6, 6.07) is 9.34. The van der Waals surface area contributed by atoms with Gasteiger partial charge in [-0.25, -0.2) is 4.39 Å². The number of phenols is 1. The van der Waals surface area contributed by atoms with Crippen molar-refractivity contribution >= 4 is 17.9 Å². The van der Waals surface area contributed by atoms with Gasteiger partial charge in [-0.3, -0.25) is 0 Å². The van der Waals surface area contributed by atoms with Crippen LogP contribution in [0.25, 0.3) is 23.3 Å². The largest absolute Gasteiger partial charge is 0.507 e. The van der Waals surface area contributed by atoms with Gasteiger partial charge in [0.2, 0.25) is 0 Å². The number of hydrogen-bond acceptors (Lipinski definition) is 2. The molecule has 0 spiro atoms. The number of fused-ring (bicyclic) bond motifs is 1. The average molecular weight is 239 g/mol. The van der Waals surface area contributed by atoms with Gasteiger partial charge in [0, 0.05) is 5.56 Å². The molecule has 0 radical (unpaired) electrons. The Morgan fingerprint density at radius 2 is 1.67 bits per heavy atom. The summed E-state index contributed by atoms with van der Waals surface area (Å²) in [5.41, 5.74) is 1.79. The Hall–Kier alpha value is -2.42.